The van der Waals surface area contributed by atoms with Gasteiger partial charge in [0.1, 0.15) is 12.3 Å². The number of carbonyl (C=O) groups excluding carboxylic acids is 1. The van der Waals surface area contributed by atoms with Crippen molar-refractivity contribution in [2.24, 2.45) is 0 Å². The Labute approximate surface area is 119 Å². The average Bonchev–Trinajstić information content (AvgIpc) is 2.45. The van der Waals surface area contributed by atoms with Gasteiger partial charge in [-0.2, -0.15) is 0 Å². The van der Waals surface area contributed by atoms with Gasteiger partial charge in [0.05, 0.1) is 11.5 Å². The minimum Gasteiger partial charge on any atom is -0.383 e. The van der Waals surface area contributed by atoms with Crippen molar-refractivity contribution in [3.8, 4) is 0 Å². The first kappa shape index (κ1) is 16.8. The van der Waals surface area contributed by atoms with E-state index >= 15 is 0 Å². The molecule has 1 rings (SSSR count). The van der Waals surface area contributed by atoms with Crippen LogP contribution in [0.15, 0.2) is 18.2 Å². The summed E-state index contributed by atoms with van der Waals surface area (Å²) in [5, 5.41) is 15.9. The fraction of sp³-hybridized carbons (Fsp3) is 0.417. The van der Waals surface area contributed by atoms with Crippen molar-refractivity contribution in [2.45, 2.75) is 6.43 Å². The van der Waals surface area contributed by atoms with E-state index in [-0.39, 0.29) is 30.1 Å². The topological polar surface area (TPSA) is 93.5 Å². The average molecular weight is 303 g/mol. The lowest BCUT2D eigenvalue weighted by Crippen LogP contribution is -2.27. The zero-order chi connectivity index (χ0) is 15.8. The zero-order valence-corrected chi connectivity index (χ0v) is 11.3. The lowest BCUT2D eigenvalue weighted by Gasteiger charge is -2.07. The van der Waals surface area contributed by atoms with Crippen LogP contribution < -0.4 is 10.6 Å². The van der Waals surface area contributed by atoms with E-state index in [4.69, 9.17) is 0 Å². The molecular formula is C12H15F2N3O4. The number of nitrogens with zero attached hydrogens (tertiary/aromatic N) is 1. The molecule has 0 saturated heterocycles. The molecule has 0 atom stereocenters. The molecule has 0 unspecified atom stereocenters. The fourth-order valence-corrected chi connectivity index (χ4v) is 1.55. The molecule has 0 saturated carbocycles. The Morgan fingerprint density at radius 1 is 1.48 bits per heavy atom. The van der Waals surface area contributed by atoms with Gasteiger partial charge in [0.15, 0.2) is 0 Å². The summed E-state index contributed by atoms with van der Waals surface area (Å²) in [5.41, 5.74) is 0.172. The van der Waals surface area contributed by atoms with Gasteiger partial charge in [-0.1, -0.05) is 0 Å². The Bertz CT molecular complexity index is 511. The maximum Gasteiger partial charge on any atom is 0.293 e. The Hall–Kier alpha value is -2.29. The predicted molar refractivity (Wildman–Crippen MR) is 71.8 cm³/mol. The number of carbonyl (C=O) groups is 1. The number of hydrogen-bond acceptors (Lipinski definition) is 5. The van der Waals surface area contributed by atoms with E-state index in [0.717, 1.165) is 6.07 Å². The van der Waals surface area contributed by atoms with Gasteiger partial charge in [0.25, 0.3) is 18.0 Å². The van der Waals surface area contributed by atoms with Crippen LogP contribution in [-0.4, -0.2) is 44.1 Å². The lowest BCUT2D eigenvalue weighted by atomic mass is 10.1. The number of alkyl halides is 2. The first-order chi connectivity index (χ1) is 9.95. The number of anilines is 1. The Morgan fingerprint density at radius 3 is 2.76 bits per heavy atom. The van der Waals surface area contributed by atoms with Crippen LogP contribution in [0.4, 0.5) is 20.2 Å². The molecule has 0 fully saturated rings. The Kier molecular flexibility index (Phi) is 6.47. The highest BCUT2D eigenvalue weighted by Gasteiger charge is 2.16. The van der Waals surface area contributed by atoms with E-state index in [1.807, 2.05) is 0 Å². The minimum absolute atomic E-state index is 0.0349. The number of nitro groups is 1. The normalized spacial score (nSPS) is 10.5. The maximum atomic E-state index is 11.8. The number of nitrogens with one attached hydrogen (secondary N) is 2. The van der Waals surface area contributed by atoms with Crippen LogP contribution in [0.2, 0.25) is 0 Å². The quantitative estimate of drug-likeness (QED) is 0.432. The van der Waals surface area contributed by atoms with Crippen LogP contribution >= 0.6 is 0 Å². The third kappa shape index (κ3) is 5.30. The molecule has 116 valence electrons. The molecule has 0 aliphatic carbocycles. The first-order valence-electron chi connectivity index (χ1n) is 6.06. The van der Waals surface area contributed by atoms with Crippen LogP contribution in [-0.2, 0) is 4.74 Å². The molecule has 1 amide bonds. The Morgan fingerprint density at radius 2 is 2.19 bits per heavy atom. The van der Waals surface area contributed by atoms with Crippen molar-refractivity contribution < 1.29 is 23.2 Å². The second-order valence-corrected chi connectivity index (χ2v) is 3.96. The zero-order valence-electron chi connectivity index (χ0n) is 11.3. The van der Waals surface area contributed by atoms with Crippen molar-refractivity contribution >= 4 is 17.3 Å². The second kappa shape index (κ2) is 8.10. The maximum absolute atomic E-state index is 11.8. The second-order valence-electron chi connectivity index (χ2n) is 3.96. The highest BCUT2D eigenvalue weighted by atomic mass is 19.3. The largest absolute Gasteiger partial charge is 0.383 e. The number of nitro benzene ring substituents is 1. The molecule has 0 heterocycles. The SMILES string of the molecule is CNc1ccc(C(=O)NCCOCC(F)F)cc1[N+](=O)[O-]. The van der Waals surface area contributed by atoms with Gasteiger partial charge in [0.2, 0.25) is 0 Å². The summed E-state index contributed by atoms with van der Waals surface area (Å²) >= 11 is 0. The third-order valence-corrected chi connectivity index (χ3v) is 2.50. The van der Waals surface area contributed by atoms with Crippen molar-refractivity contribution in [1.82, 2.24) is 5.32 Å². The molecule has 0 aromatic heterocycles. The molecule has 0 aliphatic rings. The lowest BCUT2D eigenvalue weighted by molar-refractivity contribution is -0.384. The van der Waals surface area contributed by atoms with Crippen LogP contribution in [0, 0.1) is 10.1 Å². The van der Waals surface area contributed by atoms with Crippen molar-refractivity contribution in [1.29, 1.82) is 0 Å². The molecule has 7 nitrogen and oxygen atoms in total. The molecule has 21 heavy (non-hydrogen) atoms. The van der Waals surface area contributed by atoms with Gasteiger partial charge in [-0.25, -0.2) is 8.78 Å². The summed E-state index contributed by atoms with van der Waals surface area (Å²) in [4.78, 5) is 22.0. The summed E-state index contributed by atoms with van der Waals surface area (Å²) < 4.78 is 28.2. The van der Waals surface area contributed by atoms with Crippen LogP contribution in [0.5, 0.6) is 0 Å². The number of hydrogen-bond donors (Lipinski definition) is 2. The summed E-state index contributed by atoms with van der Waals surface area (Å²) in [6.45, 7) is -0.724. The van der Waals surface area contributed by atoms with Gasteiger partial charge >= 0.3 is 0 Å². The van der Waals surface area contributed by atoms with Gasteiger partial charge in [-0.15, -0.1) is 0 Å². The van der Waals surface area contributed by atoms with E-state index in [1.54, 1.807) is 0 Å². The van der Waals surface area contributed by atoms with E-state index in [1.165, 1.54) is 19.2 Å². The monoisotopic (exact) mass is 303 g/mol. The van der Waals surface area contributed by atoms with Crippen molar-refractivity contribution in [3.05, 3.63) is 33.9 Å². The third-order valence-electron chi connectivity index (χ3n) is 2.50. The van der Waals surface area contributed by atoms with E-state index < -0.39 is 23.9 Å². The molecule has 0 bridgehead atoms. The molecule has 1 aromatic carbocycles. The highest BCUT2D eigenvalue weighted by Crippen LogP contribution is 2.24. The Balaban J connectivity index is 2.58. The van der Waals surface area contributed by atoms with E-state index in [9.17, 15) is 23.7 Å². The molecular weight excluding hydrogens is 288 g/mol. The van der Waals surface area contributed by atoms with Gasteiger partial charge in [0, 0.05) is 25.2 Å². The van der Waals surface area contributed by atoms with Gasteiger partial charge in [-0.05, 0) is 12.1 Å². The van der Waals surface area contributed by atoms with Crippen LogP contribution in [0.25, 0.3) is 0 Å². The first-order valence-corrected chi connectivity index (χ1v) is 6.06. The summed E-state index contributed by atoms with van der Waals surface area (Å²) in [6, 6.07) is 3.98. The standard InChI is InChI=1S/C12H15F2N3O4/c1-15-9-3-2-8(6-10(9)17(19)20)12(18)16-4-5-21-7-11(13)14/h2-3,6,11,15H,4-5,7H2,1H3,(H,16,18). The molecule has 1 aromatic rings. The number of amides is 1. The fourth-order valence-electron chi connectivity index (χ4n) is 1.55. The van der Waals surface area contributed by atoms with E-state index in [0.29, 0.717) is 0 Å². The van der Waals surface area contributed by atoms with E-state index in [2.05, 4.69) is 15.4 Å². The summed E-state index contributed by atoms with van der Waals surface area (Å²) in [5.74, 6) is -0.540. The number of halogens is 2. The van der Waals surface area contributed by atoms with Crippen molar-refractivity contribution in [3.63, 3.8) is 0 Å². The van der Waals surface area contributed by atoms with Gasteiger partial charge in [-0.3, -0.25) is 14.9 Å². The van der Waals surface area contributed by atoms with Crippen LogP contribution in [0.3, 0.4) is 0 Å². The molecule has 9 heteroatoms. The smallest absolute Gasteiger partial charge is 0.293 e. The molecule has 0 spiro atoms. The minimum atomic E-state index is -2.56. The molecule has 0 aliphatic heterocycles. The van der Waals surface area contributed by atoms with Crippen LogP contribution in [0.1, 0.15) is 10.4 Å². The summed E-state index contributed by atoms with van der Waals surface area (Å²) in [7, 11) is 1.53. The number of ether oxygens (including phenoxy) is 1. The number of benzene rings is 1. The highest BCUT2D eigenvalue weighted by molar-refractivity contribution is 5.95. The van der Waals surface area contributed by atoms with Gasteiger partial charge < -0.3 is 15.4 Å². The van der Waals surface area contributed by atoms with Crippen molar-refractivity contribution in [2.75, 3.05) is 32.1 Å². The summed E-state index contributed by atoms with van der Waals surface area (Å²) in [6.07, 6.45) is -2.56. The number of rotatable bonds is 8. The predicted octanol–water partition coefficient (Wildman–Crippen LogP) is 1.65. The molecule has 2 N–H and O–H groups in total. The molecule has 0 radical (unpaired) electrons.